The topological polar surface area (TPSA) is 31.0 Å². The van der Waals surface area contributed by atoms with Gasteiger partial charge in [0.2, 0.25) is 0 Å². The van der Waals surface area contributed by atoms with E-state index in [1.807, 2.05) is 0 Å². The van der Waals surface area contributed by atoms with Gasteiger partial charge in [0, 0.05) is 0 Å². The Balaban J connectivity index is 1.92. The summed E-state index contributed by atoms with van der Waals surface area (Å²) < 4.78 is 24.0. The zero-order valence-electron chi connectivity index (χ0n) is 19.1. The Hall–Kier alpha value is 0.679. The van der Waals surface area contributed by atoms with Crippen molar-refractivity contribution < 1.29 is 14.2 Å². The first kappa shape index (κ1) is 24.0. The predicted octanol–water partition coefficient (Wildman–Crippen LogP) is 6.71. The minimum atomic E-state index is -2.21. The quantitative estimate of drug-likeness (QED) is 0.213. The third kappa shape index (κ3) is 7.15. The zero-order valence-corrected chi connectivity index (χ0v) is 21.9. The van der Waals surface area contributed by atoms with E-state index in [9.17, 15) is 0 Å². The number of hydrogen-bond donors (Lipinski definition) is 0. The van der Waals surface area contributed by atoms with E-state index < -0.39 is 24.2 Å². The summed E-state index contributed by atoms with van der Waals surface area (Å²) in [5.74, 6) is -0.402. The van der Waals surface area contributed by atoms with Crippen LogP contribution in [-0.2, 0) is 14.2 Å². The van der Waals surface area contributed by atoms with Crippen LogP contribution in [0.2, 0.25) is 13.3 Å². The molecule has 4 heteroatoms. The molecule has 2 atom stereocenters. The summed E-state index contributed by atoms with van der Waals surface area (Å²) in [4.78, 5) is 0. The van der Waals surface area contributed by atoms with E-state index in [-0.39, 0.29) is 5.41 Å². The van der Waals surface area contributed by atoms with Gasteiger partial charge >= 0.3 is 173 Å². The first-order chi connectivity index (χ1) is 12.8. The monoisotopic (exact) mass is 490 g/mol. The van der Waals surface area contributed by atoms with Gasteiger partial charge in [-0.3, -0.25) is 0 Å². The van der Waals surface area contributed by atoms with Gasteiger partial charge in [0.05, 0.1) is 0 Å². The fourth-order valence-corrected chi connectivity index (χ4v) is 22.3. The maximum atomic E-state index is 6.43. The summed E-state index contributed by atoms with van der Waals surface area (Å²) in [5, 5.41) is 0. The summed E-state index contributed by atoms with van der Waals surface area (Å²) >= 11 is -2.21. The third-order valence-electron chi connectivity index (χ3n) is 6.69. The molecule has 0 unspecified atom stereocenters. The standard InChI is InChI=1S/C11H19O3.3C4H9.Sn/c1-10(2)7-13-11(3,14-8-10)5-4-9-6-12-9;3*1-3-4-2;/h6,9H,4-5,7-8H2,1-3H3;3*1,3-4H2,2H3;/t9-;;;;/m0..../s1. The molecule has 0 saturated carbocycles. The van der Waals surface area contributed by atoms with Crippen molar-refractivity contribution >= 4 is 18.4 Å². The average molecular weight is 489 g/mol. The van der Waals surface area contributed by atoms with Crippen LogP contribution >= 0.6 is 0 Å². The minimum absolute atomic E-state index is 0.143. The summed E-state index contributed by atoms with van der Waals surface area (Å²) in [6.45, 7) is 15.2. The molecular formula is C23H46O3Sn. The molecule has 0 N–H and O–H groups in total. The Bertz CT molecular complexity index is 406. The first-order valence-electron chi connectivity index (χ1n) is 11.7. The number of unbranched alkanes of at least 4 members (excludes halogenated alkanes) is 3. The number of epoxide rings is 1. The van der Waals surface area contributed by atoms with Crippen molar-refractivity contribution in [3.63, 3.8) is 0 Å². The van der Waals surface area contributed by atoms with Crippen LogP contribution in [-0.4, -0.2) is 47.6 Å². The van der Waals surface area contributed by atoms with Gasteiger partial charge in [0.25, 0.3) is 0 Å². The van der Waals surface area contributed by atoms with Crippen LogP contribution in [0.4, 0.5) is 0 Å². The fourth-order valence-electron chi connectivity index (χ4n) is 4.62. The fraction of sp³-hybridized carbons (Fsp3) is 1.00. The SMILES string of the molecule is CCC[CH2][Sn]([CH2]CCC)([CH2]CCC)[C@@H]1O[C@H]1CCC1(C)OCC(C)(C)CO1. The maximum absolute atomic E-state index is 6.43. The molecule has 0 aliphatic carbocycles. The predicted molar refractivity (Wildman–Crippen MR) is 117 cm³/mol. The Kier molecular flexibility index (Phi) is 9.43. The second kappa shape index (κ2) is 10.6. The van der Waals surface area contributed by atoms with E-state index in [4.69, 9.17) is 14.2 Å². The molecule has 0 radical (unpaired) electrons. The molecule has 0 spiro atoms. The van der Waals surface area contributed by atoms with Gasteiger partial charge in [-0.15, -0.1) is 0 Å². The van der Waals surface area contributed by atoms with Crippen LogP contribution in [0.3, 0.4) is 0 Å². The van der Waals surface area contributed by atoms with Crippen LogP contribution in [0.1, 0.15) is 92.9 Å². The van der Waals surface area contributed by atoms with Crippen molar-refractivity contribution in [2.24, 2.45) is 5.41 Å². The van der Waals surface area contributed by atoms with Crippen LogP contribution in [0.25, 0.3) is 0 Å². The Morgan fingerprint density at radius 2 is 1.30 bits per heavy atom. The summed E-state index contributed by atoms with van der Waals surface area (Å²) in [6.07, 6.45) is 10.9. The second-order valence-electron chi connectivity index (χ2n) is 10.2. The molecule has 0 bridgehead atoms. The van der Waals surface area contributed by atoms with E-state index in [0.717, 1.165) is 26.1 Å². The zero-order chi connectivity index (χ0) is 20.0. The van der Waals surface area contributed by atoms with Gasteiger partial charge in [0.1, 0.15) is 0 Å². The van der Waals surface area contributed by atoms with Gasteiger partial charge in [-0.05, 0) is 0 Å². The molecule has 2 heterocycles. The molecule has 0 aromatic carbocycles. The van der Waals surface area contributed by atoms with Gasteiger partial charge < -0.3 is 0 Å². The van der Waals surface area contributed by atoms with Crippen LogP contribution in [0, 0.1) is 5.41 Å². The number of rotatable bonds is 13. The molecule has 2 aliphatic rings. The number of hydrogen-bond acceptors (Lipinski definition) is 3. The van der Waals surface area contributed by atoms with Crippen molar-refractivity contribution in [2.75, 3.05) is 13.2 Å². The Morgan fingerprint density at radius 1 is 0.815 bits per heavy atom. The van der Waals surface area contributed by atoms with Crippen LogP contribution in [0.15, 0.2) is 0 Å². The van der Waals surface area contributed by atoms with Gasteiger partial charge in [-0.2, -0.15) is 0 Å². The van der Waals surface area contributed by atoms with Crippen molar-refractivity contribution in [3.8, 4) is 0 Å². The molecule has 0 aromatic rings. The molecule has 2 aliphatic heterocycles. The van der Waals surface area contributed by atoms with E-state index in [2.05, 4.69) is 41.5 Å². The van der Waals surface area contributed by atoms with Gasteiger partial charge in [0.15, 0.2) is 0 Å². The van der Waals surface area contributed by atoms with Crippen molar-refractivity contribution in [1.29, 1.82) is 0 Å². The Morgan fingerprint density at radius 3 is 1.74 bits per heavy atom. The van der Waals surface area contributed by atoms with E-state index in [0.29, 0.717) is 10.2 Å². The van der Waals surface area contributed by atoms with Gasteiger partial charge in [-0.1, -0.05) is 0 Å². The van der Waals surface area contributed by atoms with Crippen LogP contribution < -0.4 is 0 Å². The molecule has 2 fully saturated rings. The molecule has 3 nitrogen and oxygen atoms in total. The van der Waals surface area contributed by atoms with Crippen molar-refractivity contribution in [1.82, 2.24) is 0 Å². The van der Waals surface area contributed by atoms with E-state index in [1.54, 1.807) is 13.3 Å². The second-order valence-corrected chi connectivity index (χ2v) is 23.9. The molecule has 0 amide bonds. The summed E-state index contributed by atoms with van der Waals surface area (Å²) in [5.41, 5.74) is 0.143. The summed E-state index contributed by atoms with van der Waals surface area (Å²) in [7, 11) is 0. The first-order valence-corrected chi connectivity index (χ1v) is 19.4. The molecule has 27 heavy (non-hydrogen) atoms. The molecule has 2 rings (SSSR count). The molecule has 2 saturated heterocycles. The van der Waals surface area contributed by atoms with E-state index in [1.165, 1.54) is 38.5 Å². The van der Waals surface area contributed by atoms with Crippen LogP contribution in [0.5, 0.6) is 0 Å². The average Bonchev–Trinajstić information content (AvgIpc) is 3.43. The van der Waals surface area contributed by atoms with Gasteiger partial charge in [-0.25, -0.2) is 0 Å². The third-order valence-corrected chi connectivity index (χ3v) is 23.1. The Labute approximate surface area is 173 Å². The molecule has 160 valence electrons. The van der Waals surface area contributed by atoms with Crippen molar-refractivity contribution in [2.45, 2.75) is 122 Å². The molecular weight excluding hydrogens is 443 g/mol. The van der Waals surface area contributed by atoms with Crippen molar-refractivity contribution in [3.05, 3.63) is 0 Å². The summed E-state index contributed by atoms with van der Waals surface area (Å²) in [6, 6.07) is 0. The van der Waals surface area contributed by atoms with E-state index >= 15 is 0 Å². The number of ether oxygens (including phenoxy) is 3. The normalized spacial score (nSPS) is 26.9. The molecule has 0 aromatic heterocycles.